The van der Waals surface area contributed by atoms with Crippen LogP contribution in [-0.4, -0.2) is 4.40 Å². The standard InChI is InChI=1S/C27H19N/c1-27(2)22-10-6-5-9-18(22)25-19-11-12-28-24-14-17-8-4-3-7-16(17)13-20(24)21(26(19)28)15-23(25)27/h3-15H,1-2H3. The summed E-state index contributed by atoms with van der Waals surface area (Å²) in [5.74, 6) is 0. The van der Waals surface area contributed by atoms with Crippen molar-refractivity contribution in [2.24, 2.45) is 0 Å². The molecule has 0 saturated heterocycles. The average Bonchev–Trinajstić information content (AvgIpc) is 3.34. The fourth-order valence-electron chi connectivity index (χ4n) is 5.56. The van der Waals surface area contributed by atoms with E-state index in [-0.39, 0.29) is 5.41 Å². The van der Waals surface area contributed by atoms with Crippen molar-refractivity contribution in [3.05, 3.63) is 90.1 Å². The first-order chi connectivity index (χ1) is 13.6. The molecule has 0 N–H and O–H groups in total. The molecule has 0 bridgehead atoms. The fourth-order valence-corrected chi connectivity index (χ4v) is 5.56. The molecule has 0 fully saturated rings. The third kappa shape index (κ3) is 1.52. The average molecular weight is 357 g/mol. The Morgan fingerprint density at radius 2 is 1.43 bits per heavy atom. The minimum Gasteiger partial charge on any atom is -0.315 e. The maximum atomic E-state index is 2.47. The molecule has 0 amide bonds. The summed E-state index contributed by atoms with van der Waals surface area (Å²) in [4.78, 5) is 0. The molecule has 7 rings (SSSR count). The predicted octanol–water partition coefficient (Wildman–Crippen LogP) is 7.14. The Bertz CT molecular complexity index is 1580. The molecule has 0 atom stereocenters. The first kappa shape index (κ1) is 14.7. The lowest BCUT2D eigenvalue weighted by Crippen LogP contribution is -2.14. The van der Waals surface area contributed by atoms with Gasteiger partial charge in [-0.2, -0.15) is 0 Å². The molecule has 0 saturated carbocycles. The van der Waals surface area contributed by atoms with E-state index >= 15 is 0 Å². The molecule has 0 unspecified atom stereocenters. The van der Waals surface area contributed by atoms with Crippen LogP contribution in [0.2, 0.25) is 0 Å². The maximum Gasteiger partial charge on any atom is 0.0614 e. The highest BCUT2D eigenvalue weighted by Gasteiger charge is 2.37. The Hall–Kier alpha value is -3.32. The molecule has 1 heteroatoms. The quantitative estimate of drug-likeness (QED) is 0.272. The van der Waals surface area contributed by atoms with Crippen LogP contribution in [0.5, 0.6) is 0 Å². The van der Waals surface area contributed by atoms with Gasteiger partial charge >= 0.3 is 0 Å². The molecule has 0 spiro atoms. The summed E-state index contributed by atoms with van der Waals surface area (Å²) in [6.45, 7) is 4.73. The highest BCUT2D eigenvalue weighted by atomic mass is 14.9. The van der Waals surface area contributed by atoms with E-state index in [2.05, 4.69) is 97.2 Å². The Kier molecular flexibility index (Phi) is 2.39. The SMILES string of the molecule is CC1(C)c2ccccc2-c2c1cc1c3cc4ccccc4cc3n3ccc2c13. The molecular weight excluding hydrogens is 338 g/mol. The number of hydrogen-bond donors (Lipinski definition) is 0. The van der Waals surface area contributed by atoms with Gasteiger partial charge in [0.1, 0.15) is 0 Å². The van der Waals surface area contributed by atoms with Crippen LogP contribution in [0, 0.1) is 0 Å². The molecule has 1 aliphatic rings. The number of aromatic nitrogens is 1. The van der Waals surface area contributed by atoms with Gasteiger partial charge in [-0.1, -0.05) is 62.4 Å². The second-order valence-electron chi connectivity index (χ2n) is 8.68. The van der Waals surface area contributed by atoms with Crippen molar-refractivity contribution in [3.63, 3.8) is 0 Å². The van der Waals surface area contributed by atoms with Crippen molar-refractivity contribution in [1.82, 2.24) is 4.40 Å². The molecule has 28 heavy (non-hydrogen) atoms. The molecule has 2 heterocycles. The van der Waals surface area contributed by atoms with E-state index in [4.69, 9.17) is 0 Å². The fraction of sp³-hybridized carbons (Fsp3) is 0.111. The molecule has 1 aliphatic carbocycles. The van der Waals surface area contributed by atoms with Gasteiger partial charge in [0.05, 0.1) is 11.0 Å². The topological polar surface area (TPSA) is 4.41 Å². The zero-order valence-corrected chi connectivity index (χ0v) is 16.0. The van der Waals surface area contributed by atoms with E-state index in [1.54, 1.807) is 0 Å². The van der Waals surface area contributed by atoms with Crippen molar-refractivity contribution >= 4 is 38.0 Å². The monoisotopic (exact) mass is 357 g/mol. The summed E-state index contributed by atoms with van der Waals surface area (Å²) in [5, 5.41) is 6.72. The smallest absolute Gasteiger partial charge is 0.0614 e. The molecule has 4 aromatic carbocycles. The Balaban J connectivity index is 1.74. The molecule has 1 nitrogen and oxygen atoms in total. The summed E-state index contributed by atoms with van der Waals surface area (Å²) in [6.07, 6.45) is 2.25. The second-order valence-corrected chi connectivity index (χ2v) is 8.68. The van der Waals surface area contributed by atoms with Gasteiger partial charge in [-0.15, -0.1) is 0 Å². The second kappa shape index (κ2) is 4.56. The van der Waals surface area contributed by atoms with Gasteiger partial charge < -0.3 is 4.40 Å². The third-order valence-corrected chi connectivity index (χ3v) is 6.93. The van der Waals surface area contributed by atoms with Gasteiger partial charge in [0.15, 0.2) is 0 Å². The number of benzene rings is 4. The Morgan fingerprint density at radius 1 is 0.679 bits per heavy atom. The number of hydrogen-bond acceptors (Lipinski definition) is 0. The summed E-state index contributed by atoms with van der Waals surface area (Å²) in [7, 11) is 0. The first-order valence-corrected chi connectivity index (χ1v) is 9.96. The van der Waals surface area contributed by atoms with Crippen LogP contribution in [0.4, 0.5) is 0 Å². The van der Waals surface area contributed by atoms with Crippen molar-refractivity contribution in [3.8, 4) is 11.1 Å². The number of rotatable bonds is 0. The normalized spacial score (nSPS) is 15.1. The highest BCUT2D eigenvalue weighted by molar-refractivity contribution is 6.21. The van der Waals surface area contributed by atoms with Crippen molar-refractivity contribution in [2.75, 3.05) is 0 Å². The lowest BCUT2D eigenvalue weighted by atomic mass is 9.82. The minimum absolute atomic E-state index is 0.0261. The van der Waals surface area contributed by atoms with Gasteiger partial charge in [0, 0.05) is 27.8 Å². The lowest BCUT2D eigenvalue weighted by Gasteiger charge is -2.21. The Morgan fingerprint density at radius 3 is 2.29 bits per heavy atom. The molecule has 2 aromatic heterocycles. The van der Waals surface area contributed by atoms with Crippen LogP contribution in [0.3, 0.4) is 0 Å². The van der Waals surface area contributed by atoms with E-state index in [0.717, 1.165) is 0 Å². The minimum atomic E-state index is 0.0261. The maximum absolute atomic E-state index is 2.47. The van der Waals surface area contributed by atoms with E-state index in [1.165, 1.54) is 60.2 Å². The molecule has 0 aliphatic heterocycles. The summed E-state index contributed by atoms with van der Waals surface area (Å²) < 4.78 is 2.39. The highest BCUT2D eigenvalue weighted by Crippen LogP contribution is 2.53. The Labute approximate surface area is 163 Å². The molecular formula is C27H19N. The van der Waals surface area contributed by atoms with E-state index < -0.39 is 0 Å². The van der Waals surface area contributed by atoms with Crippen LogP contribution in [0.1, 0.15) is 25.0 Å². The number of fused-ring (bicyclic) bond motifs is 8. The number of nitrogens with zero attached hydrogens (tertiary/aromatic N) is 1. The predicted molar refractivity (Wildman–Crippen MR) is 119 cm³/mol. The van der Waals surface area contributed by atoms with Crippen LogP contribution < -0.4 is 0 Å². The zero-order chi connectivity index (χ0) is 18.6. The van der Waals surface area contributed by atoms with Gasteiger partial charge in [0.2, 0.25) is 0 Å². The van der Waals surface area contributed by atoms with Crippen LogP contribution in [0.25, 0.3) is 49.1 Å². The molecule has 0 radical (unpaired) electrons. The largest absolute Gasteiger partial charge is 0.315 e. The van der Waals surface area contributed by atoms with E-state index in [1.807, 2.05) is 0 Å². The van der Waals surface area contributed by atoms with Gasteiger partial charge in [-0.3, -0.25) is 0 Å². The zero-order valence-electron chi connectivity index (χ0n) is 16.0. The van der Waals surface area contributed by atoms with Crippen LogP contribution in [0.15, 0.2) is 79.0 Å². The van der Waals surface area contributed by atoms with Crippen LogP contribution in [-0.2, 0) is 5.41 Å². The van der Waals surface area contributed by atoms with Crippen molar-refractivity contribution < 1.29 is 0 Å². The van der Waals surface area contributed by atoms with Gasteiger partial charge in [-0.25, -0.2) is 0 Å². The van der Waals surface area contributed by atoms with E-state index in [9.17, 15) is 0 Å². The first-order valence-electron chi connectivity index (χ1n) is 9.96. The van der Waals surface area contributed by atoms with Gasteiger partial charge in [0.25, 0.3) is 0 Å². The van der Waals surface area contributed by atoms with E-state index in [0.29, 0.717) is 0 Å². The third-order valence-electron chi connectivity index (χ3n) is 6.93. The van der Waals surface area contributed by atoms with Gasteiger partial charge in [-0.05, 0) is 57.3 Å². The summed E-state index contributed by atoms with van der Waals surface area (Å²) in [6, 6.07) is 27.1. The lowest BCUT2D eigenvalue weighted by molar-refractivity contribution is 0.661. The summed E-state index contributed by atoms with van der Waals surface area (Å²) in [5.41, 5.74) is 8.40. The molecule has 6 aromatic rings. The van der Waals surface area contributed by atoms with Crippen LogP contribution >= 0.6 is 0 Å². The molecule has 132 valence electrons. The van der Waals surface area contributed by atoms with Crippen molar-refractivity contribution in [2.45, 2.75) is 19.3 Å². The summed E-state index contributed by atoms with van der Waals surface area (Å²) >= 11 is 0. The van der Waals surface area contributed by atoms with Crippen molar-refractivity contribution in [1.29, 1.82) is 0 Å².